The molecule has 1 aromatic heterocycles. The number of hydrogen-bond acceptors (Lipinski definition) is 5. The molecule has 0 aliphatic heterocycles. The number of fused-ring (bicyclic) bond motifs is 1. The van der Waals surface area contributed by atoms with Gasteiger partial charge in [-0.15, -0.1) is 5.10 Å². The number of nitro groups is 1. The monoisotopic (exact) mass is 248 g/mol. The quantitative estimate of drug-likeness (QED) is 0.473. The van der Waals surface area contributed by atoms with Crippen LogP contribution in [0.25, 0.3) is 11.0 Å². The summed E-state index contributed by atoms with van der Waals surface area (Å²) in [7, 11) is 0. The maximum absolute atomic E-state index is 10.6. The Kier molecular flexibility index (Phi) is 2.13. The highest BCUT2D eigenvalue weighted by molar-refractivity contribution is 6.41. The van der Waals surface area contributed by atoms with Crippen LogP contribution < -0.4 is 0 Å². The van der Waals surface area contributed by atoms with E-state index in [9.17, 15) is 15.3 Å². The van der Waals surface area contributed by atoms with Crippen molar-refractivity contribution in [1.29, 1.82) is 0 Å². The summed E-state index contributed by atoms with van der Waals surface area (Å²) >= 11 is 11.3. The summed E-state index contributed by atoms with van der Waals surface area (Å²) in [5.74, 6) is 0. The number of aromatic nitrogens is 3. The van der Waals surface area contributed by atoms with E-state index in [0.717, 1.165) is 0 Å². The highest BCUT2D eigenvalue weighted by atomic mass is 35.5. The number of nitrogens with zero attached hydrogens (tertiary/aromatic N) is 4. The lowest BCUT2D eigenvalue weighted by Crippen LogP contribution is -1.96. The van der Waals surface area contributed by atoms with E-state index in [1.165, 1.54) is 6.07 Å². The van der Waals surface area contributed by atoms with E-state index in [1.54, 1.807) is 0 Å². The van der Waals surface area contributed by atoms with Gasteiger partial charge in [-0.05, 0) is 11.3 Å². The predicted molar refractivity (Wildman–Crippen MR) is 51.4 cm³/mol. The fraction of sp³-hybridized carbons (Fsp3) is 0. The summed E-state index contributed by atoms with van der Waals surface area (Å²) in [6.45, 7) is 0. The van der Waals surface area contributed by atoms with Gasteiger partial charge in [0, 0.05) is 0 Å². The molecule has 1 heterocycles. The first-order chi connectivity index (χ1) is 7.02. The van der Waals surface area contributed by atoms with Crippen molar-refractivity contribution in [3.8, 4) is 0 Å². The van der Waals surface area contributed by atoms with E-state index < -0.39 is 10.6 Å². The van der Waals surface area contributed by atoms with Crippen molar-refractivity contribution in [2.45, 2.75) is 0 Å². The van der Waals surface area contributed by atoms with Gasteiger partial charge in [-0.25, -0.2) is 0 Å². The zero-order valence-electron chi connectivity index (χ0n) is 6.89. The van der Waals surface area contributed by atoms with Crippen LogP contribution in [0.5, 0.6) is 0 Å². The molecule has 0 amide bonds. The summed E-state index contributed by atoms with van der Waals surface area (Å²) < 4.78 is 0. The van der Waals surface area contributed by atoms with Crippen molar-refractivity contribution in [2.75, 3.05) is 0 Å². The molecule has 2 rings (SSSR count). The zero-order chi connectivity index (χ0) is 11.2. The third-order valence-corrected chi connectivity index (χ3v) is 2.41. The Bertz CT molecular complexity index is 567. The van der Waals surface area contributed by atoms with Gasteiger partial charge in [0.25, 0.3) is 0 Å². The minimum absolute atomic E-state index is 0.0484. The molecule has 0 atom stereocenters. The average molecular weight is 249 g/mol. The molecule has 0 saturated heterocycles. The third-order valence-electron chi connectivity index (χ3n) is 1.77. The molecule has 0 aliphatic rings. The zero-order valence-corrected chi connectivity index (χ0v) is 8.40. The van der Waals surface area contributed by atoms with Crippen molar-refractivity contribution < 1.29 is 10.1 Å². The standard InChI is InChI=1S/C6H2Cl2N4O3/c7-2-1-3-6(11(13)10-9-3)4(8)5(2)12(14)15/h1,13H. The molecule has 0 radical (unpaired) electrons. The van der Waals surface area contributed by atoms with Crippen LogP contribution >= 0.6 is 23.2 Å². The highest BCUT2D eigenvalue weighted by Gasteiger charge is 2.24. The molecule has 15 heavy (non-hydrogen) atoms. The Morgan fingerprint density at radius 3 is 2.80 bits per heavy atom. The van der Waals surface area contributed by atoms with Crippen molar-refractivity contribution in [1.82, 2.24) is 15.2 Å². The van der Waals surface area contributed by atoms with Crippen LogP contribution in [0.1, 0.15) is 0 Å². The SMILES string of the molecule is O=[N+]([O-])c1c(Cl)cc2nnn(O)c2c1Cl. The molecule has 0 fully saturated rings. The Morgan fingerprint density at radius 2 is 2.20 bits per heavy atom. The van der Waals surface area contributed by atoms with E-state index in [0.29, 0.717) is 4.85 Å². The summed E-state index contributed by atoms with van der Waals surface area (Å²) in [6.07, 6.45) is 0. The second-order valence-electron chi connectivity index (χ2n) is 2.62. The first-order valence-electron chi connectivity index (χ1n) is 3.59. The van der Waals surface area contributed by atoms with Crippen molar-refractivity contribution >= 4 is 39.9 Å². The fourth-order valence-corrected chi connectivity index (χ4v) is 1.81. The maximum Gasteiger partial charge on any atom is 0.308 e. The van der Waals surface area contributed by atoms with Crippen LogP contribution in [0.15, 0.2) is 6.07 Å². The van der Waals surface area contributed by atoms with Crippen molar-refractivity contribution in [3.05, 3.63) is 26.2 Å². The lowest BCUT2D eigenvalue weighted by Gasteiger charge is -1.98. The smallest absolute Gasteiger partial charge is 0.308 e. The normalized spacial score (nSPS) is 10.8. The molecular weight excluding hydrogens is 247 g/mol. The molecule has 1 aromatic carbocycles. The number of halogens is 2. The molecule has 7 nitrogen and oxygen atoms in total. The summed E-state index contributed by atoms with van der Waals surface area (Å²) in [5.41, 5.74) is -0.352. The van der Waals surface area contributed by atoms with Gasteiger partial charge in [0.15, 0.2) is 10.5 Å². The second kappa shape index (κ2) is 3.21. The topological polar surface area (TPSA) is 94.1 Å². The van der Waals surface area contributed by atoms with E-state index >= 15 is 0 Å². The molecule has 0 spiro atoms. The molecular formula is C6H2Cl2N4O3. The Labute approximate surface area is 91.9 Å². The highest BCUT2D eigenvalue weighted by Crippen LogP contribution is 2.37. The van der Waals surface area contributed by atoms with Gasteiger partial charge in [-0.2, -0.15) is 0 Å². The fourth-order valence-electron chi connectivity index (χ4n) is 1.16. The number of nitro benzene ring substituents is 1. The lowest BCUT2D eigenvalue weighted by atomic mass is 10.3. The van der Waals surface area contributed by atoms with E-state index in [4.69, 9.17) is 23.2 Å². The van der Waals surface area contributed by atoms with Crippen LogP contribution in [0.3, 0.4) is 0 Å². The summed E-state index contributed by atoms with van der Waals surface area (Å²) in [5, 5.41) is 26.1. The van der Waals surface area contributed by atoms with Gasteiger partial charge >= 0.3 is 5.69 Å². The van der Waals surface area contributed by atoms with E-state index in [1.807, 2.05) is 0 Å². The predicted octanol–water partition coefficient (Wildman–Crippen LogP) is 1.88. The van der Waals surface area contributed by atoms with E-state index in [2.05, 4.69) is 10.3 Å². The van der Waals surface area contributed by atoms with Crippen LogP contribution in [0, 0.1) is 10.1 Å². The molecule has 78 valence electrons. The van der Waals surface area contributed by atoms with Crippen LogP contribution in [0.2, 0.25) is 10.0 Å². The van der Waals surface area contributed by atoms with Crippen LogP contribution in [-0.2, 0) is 0 Å². The van der Waals surface area contributed by atoms with E-state index in [-0.39, 0.29) is 21.1 Å². The second-order valence-corrected chi connectivity index (χ2v) is 3.41. The molecule has 0 unspecified atom stereocenters. The first kappa shape index (κ1) is 9.94. The number of benzene rings is 1. The van der Waals surface area contributed by atoms with Gasteiger partial charge in [-0.3, -0.25) is 10.1 Å². The van der Waals surface area contributed by atoms with Crippen LogP contribution in [-0.4, -0.2) is 25.3 Å². The van der Waals surface area contributed by atoms with Gasteiger partial charge in [0.1, 0.15) is 10.5 Å². The van der Waals surface area contributed by atoms with Gasteiger partial charge in [0.05, 0.1) is 4.92 Å². The Morgan fingerprint density at radius 1 is 1.53 bits per heavy atom. The molecule has 9 heteroatoms. The lowest BCUT2D eigenvalue weighted by molar-refractivity contribution is -0.384. The summed E-state index contributed by atoms with van der Waals surface area (Å²) in [6, 6.07) is 1.21. The minimum atomic E-state index is -0.739. The molecule has 0 aliphatic carbocycles. The maximum atomic E-state index is 10.6. The minimum Gasteiger partial charge on any atom is -0.410 e. The number of rotatable bonds is 1. The van der Waals surface area contributed by atoms with Crippen molar-refractivity contribution in [3.63, 3.8) is 0 Å². The first-order valence-corrected chi connectivity index (χ1v) is 4.35. The largest absolute Gasteiger partial charge is 0.410 e. The van der Waals surface area contributed by atoms with Crippen molar-refractivity contribution in [2.24, 2.45) is 0 Å². The Hall–Kier alpha value is -1.60. The molecule has 1 N–H and O–H groups in total. The van der Waals surface area contributed by atoms with Gasteiger partial charge in [-0.1, -0.05) is 28.0 Å². The van der Waals surface area contributed by atoms with Gasteiger partial charge in [0.2, 0.25) is 0 Å². The number of hydrogen-bond donors (Lipinski definition) is 1. The summed E-state index contributed by atoms with van der Waals surface area (Å²) in [4.78, 5) is 10.2. The van der Waals surface area contributed by atoms with Crippen LogP contribution in [0.4, 0.5) is 5.69 Å². The molecule has 0 saturated carbocycles. The third kappa shape index (κ3) is 1.36. The Balaban J connectivity index is 2.93. The van der Waals surface area contributed by atoms with Gasteiger partial charge < -0.3 is 5.21 Å². The molecule has 0 bridgehead atoms. The molecule has 2 aromatic rings. The average Bonchev–Trinajstić information content (AvgIpc) is 2.46.